The normalized spacial score (nSPS) is 13.5. The van der Waals surface area contributed by atoms with Gasteiger partial charge in [-0.2, -0.15) is 0 Å². The summed E-state index contributed by atoms with van der Waals surface area (Å²) in [6.07, 6.45) is 0. The van der Waals surface area contributed by atoms with Crippen LogP contribution in [0.4, 0.5) is 0 Å². The van der Waals surface area contributed by atoms with E-state index in [2.05, 4.69) is 0 Å². The Morgan fingerprint density at radius 1 is 0.812 bits per heavy atom. The van der Waals surface area contributed by atoms with E-state index in [1.165, 1.54) is 12.1 Å². The van der Waals surface area contributed by atoms with Crippen LogP contribution in [0, 0.1) is 0 Å². The summed E-state index contributed by atoms with van der Waals surface area (Å²) in [7, 11) is -1.50. The summed E-state index contributed by atoms with van der Waals surface area (Å²) in [6, 6.07) is 9.98. The van der Waals surface area contributed by atoms with Gasteiger partial charge in [0.25, 0.3) is 0 Å². The fourth-order valence-corrected chi connectivity index (χ4v) is 3.44. The highest BCUT2D eigenvalue weighted by Gasteiger charge is 2.30. The van der Waals surface area contributed by atoms with Gasteiger partial charge in [-0.05, 0) is 12.1 Å². The van der Waals surface area contributed by atoms with Gasteiger partial charge in [0.1, 0.15) is 11.5 Å². The van der Waals surface area contributed by atoms with Crippen LogP contribution >= 0.6 is 0 Å². The number of aromatic hydroxyl groups is 2. The van der Waals surface area contributed by atoms with Crippen molar-refractivity contribution >= 4 is 10.8 Å². The molecule has 0 spiro atoms. The van der Waals surface area contributed by atoms with Crippen molar-refractivity contribution < 1.29 is 14.4 Å². The lowest BCUT2D eigenvalue weighted by molar-refractivity contribution is 0.460. The maximum atomic E-state index is 12.1. The highest BCUT2D eigenvalue weighted by molar-refractivity contribution is 7.86. The molecule has 0 radical (unpaired) electrons. The van der Waals surface area contributed by atoms with Gasteiger partial charge in [0.2, 0.25) is 0 Å². The maximum Gasteiger partial charge on any atom is 0.132 e. The van der Waals surface area contributed by atoms with Crippen molar-refractivity contribution in [2.24, 2.45) is 0 Å². The summed E-state index contributed by atoms with van der Waals surface area (Å²) >= 11 is 0. The van der Waals surface area contributed by atoms with Gasteiger partial charge in [0, 0.05) is 11.1 Å². The molecule has 3 rings (SSSR count). The SMILES string of the molecule is O=S1c2c(O)cccc2-c2cccc(O)c21. The molecule has 0 saturated heterocycles. The summed E-state index contributed by atoms with van der Waals surface area (Å²) in [5, 5.41) is 19.4. The van der Waals surface area contributed by atoms with Gasteiger partial charge in [-0.3, -0.25) is 0 Å². The van der Waals surface area contributed by atoms with Crippen LogP contribution in [0.2, 0.25) is 0 Å². The Labute approximate surface area is 94.4 Å². The molecule has 1 heterocycles. The van der Waals surface area contributed by atoms with Crippen LogP contribution in [0.3, 0.4) is 0 Å². The van der Waals surface area contributed by atoms with E-state index in [9.17, 15) is 14.4 Å². The molecule has 3 nitrogen and oxygen atoms in total. The summed E-state index contributed by atoms with van der Waals surface area (Å²) in [5.74, 6) is 0.0119. The lowest BCUT2D eigenvalue weighted by Crippen LogP contribution is -1.87. The fraction of sp³-hybridized carbons (Fsp3) is 0. The van der Waals surface area contributed by atoms with Crippen molar-refractivity contribution in [1.82, 2.24) is 0 Å². The van der Waals surface area contributed by atoms with Crippen molar-refractivity contribution in [3.05, 3.63) is 36.4 Å². The number of hydrogen-bond donors (Lipinski definition) is 2. The zero-order chi connectivity index (χ0) is 11.3. The Balaban J connectivity index is 2.44. The molecule has 0 bridgehead atoms. The number of benzene rings is 2. The van der Waals surface area contributed by atoms with Gasteiger partial charge in [0.15, 0.2) is 0 Å². The monoisotopic (exact) mass is 232 g/mol. The zero-order valence-corrected chi connectivity index (χ0v) is 8.99. The predicted molar refractivity (Wildman–Crippen MR) is 59.9 cm³/mol. The largest absolute Gasteiger partial charge is 0.507 e. The van der Waals surface area contributed by atoms with E-state index < -0.39 is 10.8 Å². The van der Waals surface area contributed by atoms with E-state index in [4.69, 9.17) is 0 Å². The van der Waals surface area contributed by atoms with Gasteiger partial charge in [-0.15, -0.1) is 0 Å². The van der Waals surface area contributed by atoms with E-state index in [0.29, 0.717) is 9.79 Å². The summed E-state index contributed by atoms with van der Waals surface area (Å²) < 4.78 is 12.1. The average Bonchev–Trinajstić information content (AvgIpc) is 2.56. The third-order valence-electron chi connectivity index (χ3n) is 2.65. The number of hydrogen-bond acceptors (Lipinski definition) is 3. The van der Waals surface area contributed by atoms with E-state index in [1.807, 2.05) is 0 Å². The van der Waals surface area contributed by atoms with E-state index in [1.54, 1.807) is 24.3 Å². The molecule has 1 aliphatic rings. The molecule has 0 aliphatic carbocycles. The molecule has 0 atom stereocenters. The van der Waals surface area contributed by atoms with Crippen LogP contribution < -0.4 is 0 Å². The minimum atomic E-state index is -1.50. The first-order valence-electron chi connectivity index (χ1n) is 4.76. The third kappa shape index (κ3) is 1.05. The van der Waals surface area contributed by atoms with Crippen LogP contribution in [-0.2, 0) is 10.8 Å². The topological polar surface area (TPSA) is 57.5 Å². The van der Waals surface area contributed by atoms with Crippen LogP contribution in [0.25, 0.3) is 11.1 Å². The lowest BCUT2D eigenvalue weighted by atomic mass is 10.1. The van der Waals surface area contributed by atoms with Crippen LogP contribution in [0.5, 0.6) is 11.5 Å². The zero-order valence-electron chi connectivity index (χ0n) is 8.18. The minimum absolute atomic E-state index is 0.00596. The Bertz CT molecular complexity index is 566. The first kappa shape index (κ1) is 9.42. The third-order valence-corrected chi connectivity index (χ3v) is 4.25. The quantitative estimate of drug-likeness (QED) is 0.625. The lowest BCUT2D eigenvalue weighted by Gasteiger charge is -1.99. The molecule has 0 unspecified atom stereocenters. The Morgan fingerprint density at radius 3 is 1.69 bits per heavy atom. The van der Waals surface area contributed by atoms with Crippen molar-refractivity contribution in [1.29, 1.82) is 0 Å². The predicted octanol–water partition coefficient (Wildman–Crippen LogP) is 2.24. The van der Waals surface area contributed by atoms with Crippen molar-refractivity contribution in [2.75, 3.05) is 0 Å². The van der Waals surface area contributed by atoms with Crippen molar-refractivity contribution in [3.8, 4) is 22.6 Å². The van der Waals surface area contributed by atoms with E-state index in [-0.39, 0.29) is 11.5 Å². The molecule has 80 valence electrons. The maximum absolute atomic E-state index is 12.1. The number of phenolic OH excluding ortho intramolecular Hbond substituents is 2. The Morgan fingerprint density at radius 2 is 1.25 bits per heavy atom. The Hall–Kier alpha value is -1.81. The fourth-order valence-electron chi connectivity index (χ4n) is 1.97. The van der Waals surface area contributed by atoms with Crippen molar-refractivity contribution in [3.63, 3.8) is 0 Å². The molecule has 0 fully saturated rings. The number of phenols is 2. The van der Waals surface area contributed by atoms with Gasteiger partial charge in [-0.25, -0.2) is 4.21 Å². The molecule has 0 aromatic heterocycles. The molecule has 2 aromatic rings. The molecule has 0 amide bonds. The second-order valence-corrected chi connectivity index (χ2v) is 4.93. The Kier molecular flexibility index (Phi) is 1.82. The van der Waals surface area contributed by atoms with Gasteiger partial charge in [0.05, 0.1) is 20.6 Å². The smallest absolute Gasteiger partial charge is 0.132 e. The molecule has 4 heteroatoms. The van der Waals surface area contributed by atoms with Gasteiger partial charge < -0.3 is 10.2 Å². The highest BCUT2D eigenvalue weighted by Crippen LogP contribution is 2.47. The average molecular weight is 232 g/mol. The van der Waals surface area contributed by atoms with Crippen LogP contribution in [0.1, 0.15) is 0 Å². The molecular weight excluding hydrogens is 224 g/mol. The van der Waals surface area contributed by atoms with Crippen molar-refractivity contribution in [2.45, 2.75) is 9.79 Å². The summed E-state index contributed by atoms with van der Waals surface area (Å²) in [5.41, 5.74) is 1.45. The second-order valence-electron chi connectivity index (χ2n) is 3.58. The van der Waals surface area contributed by atoms with Crippen LogP contribution in [-0.4, -0.2) is 14.4 Å². The number of fused-ring (bicyclic) bond motifs is 3. The highest BCUT2D eigenvalue weighted by atomic mass is 32.2. The summed E-state index contributed by atoms with van der Waals surface area (Å²) in [4.78, 5) is 0.776. The first-order chi connectivity index (χ1) is 7.70. The molecule has 2 aromatic carbocycles. The second kappa shape index (κ2) is 3.09. The standard InChI is InChI=1S/C12H8O3S/c13-9-5-1-3-7-8-4-2-6-10(14)12(8)16(15)11(7)9/h1-6,13-14H. The van der Waals surface area contributed by atoms with Crippen LogP contribution in [0.15, 0.2) is 46.2 Å². The molecule has 0 saturated carbocycles. The number of rotatable bonds is 0. The van der Waals surface area contributed by atoms with E-state index >= 15 is 0 Å². The summed E-state index contributed by atoms with van der Waals surface area (Å²) in [6.45, 7) is 0. The van der Waals surface area contributed by atoms with Gasteiger partial charge in [-0.1, -0.05) is 24.3 Å². The minimum Gasteiger partial charge on any atom is -0.507 e. The van der Waals surface area contributed by atoms with Gasteiger partial charge >= 0.3 is 0 Å². The van der Waals surface area contributed by atoms with E-state index in [0.717, 1.165) is 11.1 Å². The molecule has 16 heavy (non-hydrogen) atoms. The molecule has 2 N–H and O–H groups in total. The first-order valence-corrected chi connectivity index (χ1v) is 5.91. The molecular formula is C12H8O3S. The molecule has 1 aliphatic heterocycles.